The lowest BCUT2D eigenvalue weighted by Crippen LogP contribution is -2.74. The van der Waals surface area contributed by atoms with Gasteiger partial charge in [-0.25, -0.2) is 29.3 Å². The largest absolute Gasteiger partial charge is 0.481 e. The van der Waals surface area contributed by atoms with Gasteiger partial charge in [-0.2, -0.15) is 0 Å². The average Bonchev–Trinajstić information content (AvgIpc) is 1.25. The molecule has 24 atom stereocenters. The van der Waals surface area contributed by atoms with Gasteiger partial charge in [0.1, 0.15) is 19.8 Å². The van der Waals surface area contributed by atoms with Crippen LogP contribution in [0.1, 0.15) is 198 Å². The van der Waals surface area contributed by atoms with Gasteiger partial charge >= 0.3 is 41.8 Å². The molecule has 3 spiro atoms. The van der Waals surface area contributed by atoms with E-state index in [1.807, 2.05) is 20.8 Å². The van der Waals surface area contributed by atoms with Gasteiger partial charge in [-0.05, 0) is 120 Å². The normalized spacial score (nSPS) is 45.1. The summed E-state index contributed by atoms with van der Waals surface area (Å²) in [6, 6.07) is 0. The topological polar surface area (TPSA) is 315 Å². The zero-order valence-corrected chi connectivity index (χ0v) is 56.1. The zero-order chi connectivity index (χ0) is 67.0. The SMILES string of the molecule is C[C@H]1[C@H](OC(=O)CCC(=O)OCC(COCCCC(=O)O)(COC(=O)CCC(=O)O[C@@H]2O[C@@H]3O[C@@]4(C)CC[C@H]5[C@H](C)CC[C@@H]([C@H]2C)[C@@]35OO4)COC(=O)CCC(=O)O[C@@H]2O[C@@H]3O[C@@]4(C)CC[C@H]5[C@H](C)CC[C@@](C)([C@H]2C)[C@@]35OO4)O[C@@H]2O[C@@]3(C)CC[C@H]4[C@H](C)CC[C@@H]1[C@@]24OO3. The van der Waals surface area contributed by atoms with Crippen LogP contribution in [0.4, 0.5) is 0 Å². The highest BCUT2D eigenvalue weighted by atomic mass is 17.3. The Morgan fingerprint density at radius 2 is 0.830 bits per heavy atom. The summed E-state index contributed by atoms with van der Waals surface area (Å²) in [6.45, 7) is 17.4. The van der Waals surface area contributed by atoms with Gasteiger partial charge in [0, 0.05) is 67.3 Å². The van der Waals surface area contributed by atoms with Gasteiger partial charge in [-0.3, -0.25) is 33.6 Å². The molecule has 3 aliphatic carbocycles. The van der Waals surface area contributed by atoms with Crippen LogP contribution in [-0.4, -0.2) is 152 Å². The average molecular weight is 1340 g/mol. The van der Waals surface area contributed by atoms with E-state index in [4.69, 9.17) is 90.9 Å². The number of ether oxygens (including phenoxy) is 13. The second kappa shape index (κ2) is 26.8. The van der Waals surface area contributed by atoms with Crippen LogP contribution in [0.2, 0.25) is 0 Å². The number of aliphatic carboxylic acids is 1. The standard InChI is InChI=1S/C67H98O27/c1-36-13-15-45-39(4)54(83-57-65(45)42(36)24-28-61(8,86-57)89-92-65)80-51(73)20-17-48(70)77-33-64(32-76-31-11-12-47(68)69,34-78-49(71)18-21-52(74)81-55-40(5)46-16-14-37(2)43-25-29-62(9)87-58(84-55)66(43,46)93-90-62)35-79-50(72)19-22-53(75)82-56-41(6)60(7)27-23-38(3)44-26-30-63(10)88-59(85-56)67(44,60)94-91-63/h36-46,54-59H,11-35H2,1-10H3,(H,68,69)/t36-,37-,38-,39-,40-,41+,42+,43+,44+,45+,46+,54-,55-,56-,57-,58-,59-,60+,61-,62-,63-,65-,66-,67+/m1/s1. The second-order valence-electron chi connectivity index (χ2n) is 30.5. The molecule has 0 aromatic carbocycles. The number of fused-ring (bicyclic) bond motifs is 6. The fourth-order valence-electron chi connectivity index (χ4n) is 18.3. The summed E-state index contributed by atoms with van der Waals surface area (Å²) in [5.74, 6) is -9.37. The lowest BCUT2D eigenvalue weighted by atomic mass is 9.50. The van der Waals surface area contributed by atoms with E-state index in [0.717, 1.165) is 57.8 Å². The minimum absolute atomic E-state index is 0.0519. The summed E-state index contributed by atoms with van der Waals surface area (Å²) in [7, 11) is 0. The Balaban J connectivity index is 0.694. The molecule has 3 saturated carbocycles. The third kappa shape index (κ3) is 12.9. The van der Waals surface area contributed by atoms with E-state index < -0.39 is 189 Å². The van der Waals surface area contributed by atoms with Gasteiger partial charge in [-0.1, -0.05) is 48.5 Å². The van der Waals surface area contributed by atoms with Gasteiger partial charge in [-0.15, -0.1) is 0 Å². The van der Waals surface area contributed by atoms with Crippen molar-refractivity contribution in [3.8, 4) is 0 Å². The van der Waals surface area contributed by atoms with Crippen molar-refractivity contribution < 1.29 is 130 Å². The molecule has 0 aromatic rings. The smallest absolute Gasteiger partial charge is 0.308 e. The van der Waals surface area contributed by atoms with Gasteiger partial charge in [0.05, 0.1) is 50.5 Å². The first-order chi connectivity index (χ1) is 44.6. The quantitative estimate of drug-likeness (QED) is 0.0410. The van der Waals surface area contributed by atoms with Crippen LogP contribution in [0.3, 0.4) is 0 Å². The number of carbonyl (C=O) groups excluding carboxylic acids is 6. The Morgan fingerprint density at radius 1 is 0.426 bits per heavy atom. The first kappa shape index (κ1) is 69.7. The van der Waals surface area contributed by atoms with E-state index in [1.54, 1.807) is 20.8 Å². The summed E-state index contributed by atoms with van der Waals surface area (Å²) >= 11 is 0. The molecule has 1 N–H and O–H groups in total. The number of carboxylic acid groups (broad SMARTS) is 1. The van der Waals surface area contributed by atoms with E-state index in [2.05, 4.69) is 27.7 Å². The van der Waals surface area contributed by atoms with Crippen LogP contribution in [0.25, 0.3) is 0 Å². The summed E-state index contributed by atoms with van der Waals surface area (Å²) in [4.78, 5) is 131. The Morgan fingerprint density at radius 3 is 1.30 bits per heavy atom. The third-order valence-corrected chi connectivity index (χ3v) is 24.1. The van der Waals surface area contributed by atoms with Crippen molar-refractivity contribution in [3.05, 3.63) is 0 Å². The van der Waals surface area contributed by atoms with Crippen molar-refractivity contribution in [1.29, 1.82) is 0 Å². The second-order valence-corrected chi connectivity index (χ2v) is 30.5. The molecule has 27 heteroatoms. The van der Waals surface area contributed by atoms with Crippen molar-refractivity contribution in [2.75, 3.05) is 33.0 Å². The highest BCUT2D eigenvalue weighted by molar-refractivity contribution is 5.79. The predicted molar refractivity (Wildman–Crippen MR) is 314 cm³/mol. The highest BCUT2D eigenvalue weighted by Gasteiger charge is 2.76. The minimum atomic E-state index is -1.69. The van der Waals surface area contributed by atoms with Crippen molar-refractivity contribution in [2.24, 2.45) is 75.9 Å². The van der Waals surface area contributed by atoms with E-state index in [-0.39, 0.29) is 66.8 Å². The number of carboxylic acids is 1. The van der Waals surface area contributed by atoms with Gasteiger partial charge in [0.15, 0.2) is 35.7 Å². The number of hydrogen-bond donors (Lipinski definition) is 1. The van der Waals surface area contributed by atoms with Crippen LogP contribution in [-0.2, 0) is 124 Å². The van der Waals surface area contributed by atoms with Gasteiger partial charge in [0.25, 0.3) is 0 Å². The number of esters is 6. The van der Waals surface area contributed by atoms with E-state index in [9.17, 15) is 38.7 Å². The molecule has 0 radical (unpaired) electrons. The Labute approximate surface area is 548 Å². The fraction of sp³-hybridized carbons (Fsp3) is 0.896. The predicted octanol–water partition coefficient (Wildman–Crippen LogP) is 8.47. The van der Waals surface area contributed by atoms with Crippen molar-refractivity contribution in [2.45, 2.75) is 270 Å². The summed E-state index contributed by atoms with van der Waals surface area (Å²) in [5.41, 5.74) is -5.03. The first-order valence-corrected chi connectivity index (χ1v) is 34.5. The van der Waals surface area contributed by atoms with Crippen molar-refractivity contribution in [3.63, 3.8) is 0 Å². The molecule has 27 nitrogen and oxygen atoms in total. The Kier molecular flexibility index (Phi) is 19.9. The molecule has 0 amide bonds. The summed E-state index contributed by atoms with van der Waals surface area (Å²) in [6.07, 6.45) is 0.469. The van der Waals surface area contributed by atoms with Crippen LogP contribution in [0, 0.1) is 75.9 Å². The van der Waals surface area contributed by atoms with Crippen molar-refractivity contribution in [1.82, 2.24) is 0 Å². The van der Waals surface area contributed by atoms with Crippen LogP contribution in [0.5, 0.6) is 0 Å². The maximum absolute atomic E-state index is 13.8. The summed E-state index contributed by atoms with van der Waals surface area (Å²) < 4.78 is 79.9. The third-order valence-electron chi connectivity index (χ3n) is 24.1. The zero-order valence-electron chi connectivity index (χ0n) is 56.1. The molecule has 0 unspecified atom stereocenters. The molecule has 15 rings (SSSR count). The lowest BCUT2D eigenvalue weighted by Gasteiger charge is -2.65. The van der Waals surface area contributed by atoms with Crippen LogP contribution < -0.4 is 0 Å². The van der Waals surface area contributed by atoms with Gasteiger partial charge < -0.3 is 66.7 Å². The fourth-order valence-corrected chi connectivity index (χ4v) is 18.3. The Hall–Kier alpha value is -4.23. The van der Waals surface area contributed by atoms with Crippen LogP contribution in [0.15, 0.2) is 0 Å². The number of hydrogen-bond acceptors (Lipinski definition) is 26. The number of rotatable bonds is 24. The van der Waals surface area contributed by atoms with Crippen LogP contribution >= 0.6 is 0 Å². The molecule has 528 valence electrons. The maximum Gasteiger partial charge on any atom is 0.308 e. The van der Waals surface area contributed by atoms with E-state index in [0.29, 0.717) is 37.0 Å². The molecular formula is C67H98O27. The maximum atomic E-state index is 13.8. The monoisotopic (exact) mass is 1330 g/mol. The summed E-state index contributed by atoms with van der Waals surface area (Å²) in [5, 5.41) is 9.40. The molecule has 15 aliphatic rings. The first-order valence-electron chi connectivity index (χ1n) is 34.5. The minimum Gasteiger partial charge on any atom is -0.481 e. The molecule has 0 aromatic heterocycles. The van der Waals surface area contributed by atoms with E-state index >= 15 is 0 Å². The van der Waals surface area contributed by atoms with E-state index in [1.165, 1.54) is 0 Å². The molecular weight excluding hydrogens is 1240 g/mol. The van der Waals surface area contributed by atoms with Crippen molar-refractivity contribution >= 4 is 41.8 Å². The lowest BCUT2D eigenvalue weighted by molar-refractivity contribution is -0.586. The molecule has 12 saturated heterocycles. The highest BCUT2D eigenvalue weighted by Crippen LogP contribution is 2.67. The molecule has 6 bridgehead atoms. The molecule has 15 fully saturated rings. The molecule has 12 aliphatic heterocycles. The molecule has 94 heavy (non-hydrogen) atoms. The Bertz CT molecular complexity index is 2730. The molecule has 12 heterocycles. The number of carbonyl (C=O) groups is 7. The van der Waals surface area contributed by atoms with Gasteiger partial charge in [0.2, 0.25) is 36.2 Å².